The summed E-state index contributed by atoms with van der Waals surface area (Å²) in [5.41, 5.74) is 0.883. The number of rotatable bonds is 1. The van der Waals surface area contributed by atoms with E-state index in [-0.39, 0.29) is 24.0 Å². The number of nitrogens with zero attached hydrogens (tertiary/aromatic N) is 1. The van der Waals surface area contributed by atoms with E-state index in [0.29, 0.717) is 5.75 Å². The summed E-state index contributed by atoms with van der Waals surface area (Å²) in [6.45, 7) is 1.94. The summed E-state index contributed by atoms with van der Waals surface area (Å²) < 4.78 is 11.0. The Labute approximate surface area is 85.8 Å². The molecule has 3 atom stereocenters. The minimum Gasteiger partial charge on any atom is -0.487 e. The Morgan fingerprint density at radius 1 is 1.47 bits per heavy atom. The van der Waals surface area contributed by atoms with Crippen molar-refractivity contribution in [3.8, 4) is 5.75 Å². The predicted molar refractivity (Wildman–Crippen MR) is 50.8 cm³/mol. The van der Waals surface area contributed by atoms with Crippen molar-refractivity contribution in [2.24, 2.45) is 0 Å². The molecule has 0 saturated carbocycles. The number of non-ortho nitro benzene ring substituents is 1. The summed E-state index contributed by atoms with van der Waals surface area (Å²) >= 11 is 0. The Bertz CT molecular complexity index is 445. The van der Waals surface area contributed by atoms with E-state index in [9.17, 15) is 10.1 Å². The monoisotopic (exact) mass is 207 g/mol. The Hall–Kier alpha value is -1.62. The molecule has 0 amide bonds. The van der Waals surface area contributed by atoms with Crippen molar-refractivity contribution in [2.45, 2.75) is 25.2 Å². The Morgan fingerprint density at radius 2 is 2.27 bits per heavy atom. The van der Waals surface area contributed by atoms with E-state index in [1.54, 1.807) is 6.07 Å². The highest BCUT2D eigenvalue weighted by atomic mass is 16.6. The highest BCUT2D eigenvalue weighted by Gasteiger charge is 2.50. The number of hydrogen-bond acceptors (Lipinski definition) is 4. The van der Waals surface area contributed by atoms with Crippen LogP contribution in [-0.2, 0) is 4.74 Å². The summed E-state index contributed by atoms with van der Waals surface area (Å²) in [6, 6.07) is 4.63. The topological polar surface area (TPSA) is 64.9 Å². The molecule has 1 aromatic carbocycles. The van der Waals surface area contributed by atoms with Crippen LogP contribution in [0.5, 0.6) is 5.75 Å². The summed E-state index contributed by atoms with van der Waals surface area (Å²) in [4.78, 5) is 10.2. The first-order chi connectivity index (χ1) is 7.16. The first-order valence-corrected chi connectivity index (χ1v) is 4.77. The summed E-state index contributed by atoms with van der Waals surface area (Å²) in [5, 5.41) is 10.6. The standard InChI is InChI=1S/C10H9NO4/c1-5-9-10(15-9)7-4-6(11(12)13)2-3-8(7)14-5/h2-5,9-10H,1H3/t5-,9-,10-/m0/s1. The zero-order valence-electron chi connectivity index (χ0n) is 8.04. The molecule has 0 aliphatic carbocycles. The molecule has 0 unspecified atom stereocenters. The van der Waals surface area contributed by atoms with Gasteiger partial charge in [-0.25, -0.2) is 0 Å². The maximum absolute atomic E-state index is 10.6. The van der Waals surface area contributed by atoms with Gasteiger partial charge in [0.1, 0.15) is 24.1 Å². The van der Waals surface area contributed by atoms with Gasteiger partial charge in [-0.1, -0.05) is 0 Å². The van der Waals surface area contributed by atoms with Crippen molar-refractivity contribution in [1.82, 2.24) is 0 Å². The second-order valence-electron chi connectivity index (χ2n) is 3.82. The van der Waals surface area contributed by atoms with Crippen molar-refractivity contribution >= 4 is 5.69 Å². The molecule has 2 aliphatic heterocycles. The van der Waals surface area contributed by atoms with Gasteiger partial charge >= 0.3 is 0 Å². The minimum absolute atomic E-state index is 0.0105. The van der Waals surface area contributed by atoms with Crippen LogP contribution in [0.2, 0.25) is 0 Å². The van der Waals surface area contributed by atoms with Gasteiger partial charge < -0.3 is 9.47 Å². The number of hydrogen-bond donors (Lipinski definition) is 0. The lowest BCUT2D eigenvalue weighted by Crippen LogP contribution is -2.23. The molecule has 78 valence electrons. The fraction of sp³-hybridized carbons (Fsp3) is 0.400. The van der Waals surface area contributed by atoms with Crippen LogP contribution >= 0.6 is 0 Å². The van der Waals surface area contributed by atoms with E-state index in [4.69, 9.17) is 9.47 Å². The fourth-order valence-electron chi connectivity index (χ4n) is 1.98. The lowest BCUT2D eigenvalue weighted by molar-refractivity contribution is -0.385. The van der Waals surface area contributed by atoms with Gasteiger partial charge in [0.2, 0.25) is 0 Å². The van der Waals surface area contributed by atoms with Crippen molar-refractivity contribution in [1.29, 1.82) is 0 Å². The summed E-state index contributed by atoms with van der Waals surface area (Å²) in [5.74, 6) is 0.701. The molecule has 0 radical (unpaired) electrons. The van der Waals surface area contributed by atoms with E-state index in [0.717, 1.165) is 5.56 Å². The highest BCUT2D eigenvalue weighted by Crippen LogP contribution is 2.50. The van der Waals surface area contributed by atoms with Crippen molar-refractivity contribution in [3.63, 3.8) is 0 Å². The van der Waals surface area contributed by atoms with E-state index in [2.05, 4.69) is 0 Å². The van der Waals surface area contributed by atoms with Crippen LogP contribution < -0.4 is 4.74 Å². The van der Waals surface area contributed by atoms with E-state index in [1.165, 1.54) is 12.1 Å². The number of ether oxygens (including phenoxy) is 2. The van der Waals surface area contributed by atoms with Gasteiger partial charge in [0, 0.05) is 17.7 Å². The Morgan fingerprint density at radius 3 is 3.00 bits per heavy atom. The third-order valence-electron chi connectivity index (χ3n) is 2.81. The van der Waals surface area contributed by atoms with Gasteiger partial charge in [0.25, 0.3) is 5.69 Å². The molecule has 2 heterocycles. The summed E-state index contributed by atoms with van der Waals surface area (Å²) in [6.07, 6.45) is 0.0899. The van der Waals surface area contributed by atoms with Crippen molar-refractivity contribution < 1.29 is 14.4 Å². The van der Waals surface area contributed by atoms with E-state index < -0.39 is 4.92 Å². The predicted octanol–water partition coefficient (Wildman–Crippen LogP) is 1.82. The smallest absolute Gasteiger partial charge is 0.270 e. The average Bonchev–Trinajstić information content (AvgIpc) is 2.97. The highest BCUT2D eigenvalue weighted by molar-refractivity contribution is 5.48. The van der Waals surface area contributed by atoms with E-state index >= 15 is 0 Å². The van der Waals surface area contributed by atoms with Gasteiger partial charge in [0.05, 0.1) is 4.92 Å². The molecule has 5 nitrogen and oxygen atoms in total. The first kappa shape index (κ1) is 8.67. The van der Waals surface area contributed by atoms with E-state index in [1.807, 2.05) is 6.92 Å². The maximum atomic E-state index is 10.6. The fourth-order valence-corrected chi connectivity index (χ4v) is 1.98. The van der Waals surface area contributed by atoms with Crippen LogP contribution in [0, 0.1) is 10.1 Å². The van der Waals surface area contributed by atoms with Gasteiger partial charge in [-0.05, 0) is 13.0 Å². The number of fused-ring (bicyclic) bond motifs is 3. The van der Waals surface area contributed by atoms with Crippen LogP contribution in [0.1, 0.15) is 18.6 Å². The van der Waals surface area contributed by atoms with Crippen molar-refractivity contribution in [2.75, 3.05) is 0 Å². The lowest BCUT2D eigenvalue weighted by Gasteiger charge is -2.19. The quantitative estimate of drug-likeness (QED) is 0.400. The third kappa shape index (κ3) is 1.20. The maximum Gasteiger partial charge on any atom is 0.270 e. The zero-order valence-corrected chi connectivity index (χ0v) is 8.04. The van der Waals surface area contributed by atoms with Crippen molar-refractivity contribution in [3.05, 3.63) is 33.9 Å². The van der Waals surface area contributed by atoms with Crippen LogP contribution in [0.25, 0.3) is 0 Å². The Kier molecular flexibility index (Phi) is 1.56. The molecular weight excluding hydrogens is 198 g/mol. The molecule has 1 fully saturated rings. The molecule has 1 aromatic rings. The second kappa shape index (κ2) is 2.70. The van der Waals surface area contributed by atoms with Gasteiger partial charge in [-0.2, -0.15) is 0 Å². The molecule has 0 bridgehead atoms. The largest absolute Gasteiger partial charge is 0.487 e. The Balaban J connectivity index is 2.06. The molecule has 15 heavy (non-hydrogen) atoms. The number of epoxide rings is 1. The van der Waals surface area contributed by atoms with Crippen LogP contribution in [0.3, 0.4) is 0 Å². The average molecular weight is 207 g/mol. The van der Waals surface area contributed by atoms with Crippen LogP contribution in [0.4, 0.5) is 5.69 Å². The molecule has 0 aromatic heterocycles. The van der Waals surface area contributed by atoms with Gasteiger partial charge in [0.15, 0.2) is 0 Å². The SMILES string of the molecule is C[C@@H]1Oc2ccc([N+](=O)[O-])cc2[C@@H]2O[C@@H]12. The third-order valence-corrected chi connectivity index (χ3v) is 2.81. The number of benzene rings is 1. The van der Waals surface area contributed by atoms with Gasteiger partial charge in [-0.3, -0.25) is 10.1 Å². The van der Waals surface area contributed by atoms with Gasteiger partial charge in [-0.15, -0.1) is 0 Å². The first-order valence-electron chi connectivity index (χ1n) is 4.77. The molecule has 5 heteroatoms. The molecule has 0 spiro atoms. The zero-order chi connectivity index (χ0) is 10.6. The minimum atomic E-state index is -0.407. The molecule has 3 rings (SSSR count). The molecule has 2 aliphatic rings. The molecule has 1 saturated heterocycles. The normalized spacial score (nSPS) is 31.1. The molecular formula is C10H9NO4. The lowest BCUT2D eigenvalue weighted by atomic mass is 10.0. The summed E-state index contributed by atoms with van der Waals surface area (Å²) in [7, 11) is 0. The van der Waals surface area contributed by atoms with Crippen LogP contribution in [-0.4, -0.2) is 17.1 Å². The number of nitro groups is 1. The van der Waals surface area contributed by atoms with Crippen LogP contribution in [0.15, 0.2) is 18.2 Å². The number of nitro benzene ring substituents is 1. The molecule has 0 N–H and O–H groups in total. The second-order valence-corrected chi connectivity index (χ2v) is 3.82.